The number of hydrogen-bond acceptors (Lipinski definition) is 3. The van der Waals surface area contributed by atoms with Crippen molar-refractivity contribution in [1.29, 1.82) is 0 Å². The third-order valence-corrected chi connectivity index (χ3v) is 4.30. The van der Waals surface area contributed by atoms with Crippen LogP contribution < -0.4 is 10.6 Å². The molecule has 1 aliphatic carbocycles. The highest BCUT2D eigenvalue weighted by atomic mass is 79.9. The zero-order valence-corrected chi connectivity index (χ0v) is 14.0. The molecule has 4 nitrogen and oxygen atoms in total. The summed E-state index contributed by atoms with van der Waals surface area (Å²) in [5.74, 6) is 0.0830. The molecule has 0 heterocycles. The summed E-state index contributed by atoms with van der Waals surface area (Å²) in [5, 5.41) is 6.33. The van der Waals surface area contributed by atoms with E-state index in [1.807, 2.05) is 0 Å². The molecule has 1 aromatic carbocycles. The van der Waals surface area contributed by atoms with Crippen molar-refractivity contribution in [2.24, 2.45) is 0 Å². The predicted octanol–water partition coefficient (Wildman–Crippen LogP) is 2.05. The molecule has 1 aliphatic rings. The summed E-state index contributed by atoms with van der Waals surface area (Å²) in [6.07, 6.45) is 3.81. The number of halogens is 1. The fourth-order valence-electron chi connectivity index (χ4n) is 2.67. The zero-order valence-electron chi connectivity index (χ0n) is 12.5. The predicted molar refractivity (Wildman–Crippen MR) is 87.5 cm³/mol. The third kappa shape index (κ3) is 5.41. The molecule has 1 aromatic rings. The van der Waals surface area contributed by atoms with E-state index in [1.165, 1.54) is 11.1 Å². The summed E-state index contributed by atoms with van der Waals surface area (Å²) >= 11 is 3.52. The molecule has 0 fully saturated rings. The van der Waals surface area contributed by atoms with Gasteiger partial charge in [0.2, 0.25) is 5.91 Å². The van der Waals surface area contributed by atoms with Crippen molar-refractivity contribution in [2.75, 3.05) is 26.8 Å². The number of nitrogens with one attached hydrogen (secondary N) is 2. The van der Waals surface area contributed by atoms with E-state index in [0.29, 0.717) is 25.6 Å². The van der Waals surface area contributed by atoms with Crippen molar-refractivity contribution >= 4 is 21.8 Å². The summed E-state index contributed by atoms with van der Waals surface area (Å²) in [7, 11) is 1.63. The third-order valence-electron chi connectivity index (χ3n) is 3.81. The van der Waals surface area contributed by atoms with Crippen molar-refractivity contribution < 1.29 is 9.53 Å². The number of carbonyl (C=O) groups excluding carboxylic acids is 1. The molecule has 2 N–H and O–H groups in total. The second-order valence-corrected chi connectivity index (χ2v) is 6.32. The van der Waals surface area contributed by atoms with Gasteiger partial charge in [0.05, 0.1) is 6.61 Å². The van der Waals surface area contributed by atoms with Gasteiger partial charge in [0.15, 0.2) is 0 Å². The summed E-state index contributed by atoms with van der Waals surface area (Å²) in [6.45, 7) is 1.88. The van der Waals surface area contributed by atoms with E-state index in [1.54, 1.807) is 7.11 Å². The van der Waals surface area contributed by atoms with Crippen molar-refractivity contribution in [3.63, 3.8) is 0 Å². The fraction of sp³-hybridized carbons (Fsp3) is 0.562. The Kier molecular flexibility index (Phi) is 6.67. The number of hydrogen-bond donors (Lipinski definition) is 2. The molecular formula is C16H23BrN2O2. The molecule has 0 bridgehead atoms. The first-order valence-electron chi connectivity index (χ1n) is 7.45. The lowest BCUT2D eigenvalue weighted by Gasteiger charge is -2.25. The van der Waals surface area contributed by atoms with Crippen molar-refractivity contribution in [2.45, 2.75) is 31.7 Å². The molecule has 0 aromatic heterocycles. The maximum atomic E-state index is 11.6. The molecule has 1 unspecified atom stereocenters. The van der Waals surface area contributed by atoms with E-state index < -0.39 is 0 Å². The Balaban J connectivity index is 1.69. The van der Waals surface area contributed by atoms with Gasteiger partial charge < -0.3 is 15.4 Å². The van der Waals surface area contributed by atoms with Gasteiger partial charge in [0, 0.05) is 37.1 Å². The summed E-state index contributed by atoms with van der Waals surface area (Å²) < 4.78 is 6.05. The zero-order chi connectivity index (χ0) is 15.1. The maximum Gasteiger partial charge on any atom is 0.221 e. The molecule has 21 heavy (non-hydrogen) atoms. The van der Waals surface area contributed by atoms with Gasteiger partial charge in [-0.15, -0.1) is 0 Å². The van der Waals surface area contributed by atoms with E-state index in [0.717, 1.165) is 30.3 Å². The Hall–Kier alpha value is -0.910. The number of fused-ring (bicyclic) bond motifs is 1. The number of amides is 1. The largest absolute Gasteiger partial charge is 0.383 e. The first kappa shape index (κ1) is 16.5. The molecule has 0 saturated carbocycles. The van der Waals surface area contributed by atoms with Crippen LogP contribution in [-0.4, -0.2) is 38.8 Å². The number of benzene rings is 1. The number of carbonyl (C=O) groups is 1. The molecule has 1 atom stereocenters. The molecule has 0 aliphatic heterocycles. The van der Waals surface area contributed by atoms with Gasteiger partial charge >= 0.3 is 0 Å². The first-order valence-corrected chi connectivity index (χ1v) is 8.24. The lowest BCUT2D eigenvalue weighted by atomic mass is 9.88. The average molecular weight is 355 g/mol. The van der Waals surface area contributed by atoms with Gasteiger partial charge in [-0.1, -0.05) is 22.0 Å². The minimum Gasteiger partial charge on any atom is -0.383 e. The smallest absolute Gasteiger partial charge is 0.221 e. The number of rotatable bonds is 7. The average Bonchev–Trinajstić information content (AvgIpc) is 2.47. The minimum atomic E-state index is 0.0830. The van der Waals surface area contributed by atoms with Gasteiger partial charge in [-0.05, 0) is 42.5 Å². The molecule has 2 rings (SSSR count). The lowest BCUT2D eigenvalue weighted by Crippen LogP contribution is -2.37. The van der Waals surface area contributed by atoms with Gasteiger partial charge in [0.1, 0.15) is 0 Å². The second kappa shape index (κ2) is 8.51. The highest BCUT2D eigenvalue weighted by Gasteiger charge is 2.18. The molecule has 1 amide bonds. The molecule has 116 valence electrons. The fourth-order valence-corrected chi connectivity index (χ4v) is 3.08. The first-order chi connectivity index (χ1) is 10.2. The van der Waals surface area contributed by atoms with Crippen LogP contribution in [-0.2, 0) is 22.4 Å². The van der Waals surface area contributed by atoms with Crippen LogP contribution in [0.25, 0.3) is 0 Å². The van der Waals surface area contributed by atoms with E-state index in [9.17, 15) is 4.79 Å². The number of aryl methyl sites for hydroxylation is 1. The second-order valence-electron chi connectivity index (χ2n) is 5.40. The Labute approximate surface area is 134 Å². The SMILES string of the molecule is COCCNC(=O)CCNC1CCc2cc(Br)ccc2C1. The van der Waals surface area contributed by atoms with Crippen molar-refractivity contribution in [3.8, 4) is 0 Å². The van der Waals surface area contributed by atoms with E-state index in [2.05, 4.69) is 44.8 Å². The Bertz CT molecular complexity index is 479. The Morgan fingerprint density at radius 3 is 3.05 bits per heavy atom. The summed E-state index contributed by atoms with van der Waals surface area (Å²) in [4.78, 5) is 11.6. The molecule has 0 radical (unpaired) electrons. The van der Waals surface area contributed by atoms with Crippen LogP contribution in [0, 0.1) is 0 Å². The number of methoxy groups -OCH3 is 1. The van der Waals surface area contributed by atoms with Gasteiger partial charge in [0.25, 0.3) is 0 Å². The van der Waals surface area contributed by atoms with Crippen LogP contribution in [0.3, 0.4) is 0 Å². The van der Waals surface area contributed by atoms with E-state index in [-0.39, 0.29) is 5.91 Å². The van der Waals surface area contributed by atoms with E-state index >= 15 is 0 Å². The van der Waals surface area contributed by atoms with Crippen molar-refractivity contribution in [1.82, 2.24) is 10.6 Å². The molecule has 0 spiro atoms. The van der Waals surface area contributed by atoms with Gasteiger partial charge in [-0.3, -0.25) is 4.79 Å². The summed E-state index contributed by atoms with van der Waals surface area (Å²) in [5.41, 5.74) is 2.87. The summed E-state index contributed by atoms with van der Waals surface area (Å²) in [6, 6.07) is 7.00. The van der Waals surface area contributed by atoms with Crippen LogP contribution in [0.4, 0.5) is 0 Å². The molecule has 5 heteroatoms. The highest BCUT2D eigenvalue weighted by Crippen LogP contribution is 2.24. The highest BCUT2D eigenvalue weighted by molar-refractivity contribution is 9.10. The van der Waals surface area contributed by atoms with Crippen molar-refractivity contribution in [3.05, 3.63) is 33.8 Å². The topological polar surface area (TPSA) is 50.4 Å². The monoisotopic (exact) mass is 354 g/mol. The van der Waals surface area contributed by atoms with Crippen LogP contribution in [0.1, 0.15) is 24.0 Å². The lowest BCUT2D eigenvalue weighted by molar-refractivity contribution is -0.121. The van der Waals surface area contributed by atoms with Crippen LogP contribution in [0.2, 0.25) is 0 Å². The Morgan fingerprint density at radius 2 is 2.24 bits per heavy atom. The van der Waals surface area contributed by atoms with Crippen LogP contribution in [0.15, 0.2) is 22.7 Å². The maximum absolute atomic E-state index is 11.6. The standard InChI is InChI=1S/C16H23BrN2O2/c1-21-9-8-19-16(20)6-7-18-15-5-3-12-10-14(17)4-2-13(12)11-15/h2,4,10,15,18H,3,5-9,11H2,1H3,(H,19,20). The van der Waals surface area contributed by atoms with Crippen LogP contribution in [0.5, 0.6) is 0 Å². The normalized spacial score (nSPS) is 17.3. The van der Waals surface area contributed by atoms with Crippen LogP contribution >= 0.6 is 15.9 Å². The Morgan fingerprint density at radius 1 is 1.38 bits per heavy atom. The van der Waals surface area contributed by atoms with Gasteiger partial charge in [-0.25, -0.2) is 0 Å². The number of ether oxygens (including phenoxy) is 1. The minimum absolute atomic E-state index is 0.0830. The molecular weight excluding hydrogens is 332 g/mol. The van der Waals surface area contributed by atoms with Gasteiger partial charge in [-0.2, -0.15) is 0 Å². The molecule has 0 saturated heterocycles. The quantitative estimate of drug-likeness (QED) is 0.736. The van der Waals surface area contributed by atoms with E-state index in [4.69, 9.17) is 4.74 Å².